The Morgan fingerprint density at radius 3 is 2.74 bits per heavy atom. The molecule has 2 aromatic heterocycles. The average molecular weight is 364 g/mol. The average Bonchev–Trinajstić information content (AvgIpc) is 3.06. The van der Waals surface area contributed by atoms with Crippen molar-refractivity contribution in [2.24, 2.45) is 7.05 Å². The Bertz CT molecular complexity index is 1110. The van der Waals surface area contributed by atoms with E-state index in [2.05, 4.69) is 15.3 Å². The van der Waals surface area contributed by atoms with Crippen LogP contribution in [0.5, 0.6) is 17.2 Å². The van der Waals surface area contributed by atoms with Gasteiger partial charge in [0.25, 0.3) is 0 Å². The second kappa shape index (κ2) is 6.95. The van der Waals surface area contributed by atoms with Crippen LogP contribution < -0.4 is 14.8 Å². The second-order valence-electron chi connectivity index (χ2n) is 5.93. The van der Waals surface area contributed by atoms with E-state index >= 15 is 0 Å². The Labute approximate surface area is 155 Å². The first kappa shape index (κ1) is 16.8. The minimum Gasteiger partial charge on any atom is -0.497 e. The number of benzene rings is 2. The Morgan fingerprint density at radius 1 is 1.04 bits per heavy atom. The number of hydrogen-bond acceptors (Lipinski definition) is 5. The highest BCUT2D eigenvalue weighted by Crippen LogP contribution is 2.34. The molecule has 7 heteroatoms. The molecule has 1 N–H and O–H groups in total. The van der Waals surface area contributed by atoms with Gasteiger partial charge in [-0.2, -0.15) is 0 Å². The van der Waals surface area contributed by atoms with Gasteiger partial charge in [-0.1, -0.05) is 6.07 Å². The normalized spacial score (nSPS) is 10.8. The van der Waals surface area contributed by atoms with Crippen LogP contribution in [0.15, 0.2) is 61.1 Å². The summed E-state index contributed by atoms with van der Waals surface area (Å²) < 4.78 is 26.9. The minimum atomic E-state index is -0.398. The molecule has 0 fully saturated rings. The summed E-state index contributed by atoms with van der Waals surface area (Å²) >= 11 is 0. The van der Waals surface area contributed by atoms with E-state index in [1.807, 2.05) is 29.9 Å². The summed E-state index contributed by atoms with van der Waals surface area (Å²) in [7, 11) is 3.49. The molecule has 2 heterocycles. The molecule has 0 atom stereocenters. The zero-order valence-electron chi connectivity index (χ0n) is 14.8. The molecule has 4 aromatic rings. The van der Waals surface area contributed by atoms with Gasteiger partial charge in [-0.3, -0.25) is 0 Å². The van der Waals surface area contributed by atoms with E-state index in [0.29, 0.717) is 28.8 Å². The van der Waals surface area contributed by atoms with E-state index in [1.165, 1.54) is 18.5 Å². The fourth-order valence-corrected chi connectivity index (χ4v) is 2.81. The summed E-state index contributed by atoms with van der Waals surface area (Å²) in [4.78, 5) is 8.57. The molecule has 0 bridgehead atoms. The summed E-state index contributed by atoms with van der Waals surface area (Å²) in [6, 6.07) is 13.3. The molecule has 0 saturated carbocycles. The third-order valence-corrected chi connectivity index (χ3v) is 4.13. The van der Waals surface area contributed by atoms with E-state index in [9.17, 15) is 4.39 Å². The van der Waals surface area contributed by atoms with E-state index < -0.39 is 5.82 Å². The van der Waals surface area contributed by atoms with Crippen molar-refractivity contribution >= 4 is 22.5 Å². The lowest BCUT2D eigenvalue weighted by Gasteiger charge is -2.14. The quantitative estimate of drug-likeness (QED) is 0.558. The minimum absolute atomic E-state index is 0.337. The number of aromatic nitrogens is 3. The SMILES string of the molecule is COc1cccc(Oc2cc(F)ccc2Nc2ncnc3ccn(C)c23)c1. The highest BCUT2D eigenvalue weighted by molar-refractivity contribution is 5.88. The van der Waals surface area contributed by atoms with E-state index in [4.69, 9.17) is 9.47 Å². The number of halogens is 1. The zero-order valence-corrected chi connectivity index (χ0v) is 14.8. The Morgan fingerprint density at radius 2 is 1.89 bits per heavy atom. The number of anilines is 2. The third kappa shape index (κ3) is 3.39. The lowest BCUT2D eigenvalue weighted by Crippen LogP contribution is -2.00. The van der Waals surface area contributed by atoms with Crippen molar-refractivity contribution in [3.63, 3.8) is 0 Å². The van der Waals surface area contributed by atoms with E-state index in [0.717, 1.165) is 11.0 Å². The van der Waals surface area contributed by atoms with Crippen molar-refractivity contribution in [2.75, 3.05) is 12.4 Å². The van der Waals surface area contributed by atoms with Gasteiger partial charge in [0.05, 0.1) is 18.3 Å². The van der Waals surface area contributed by atoms with Gasteiger partial charge >= 0.3 is 0 Å². The molecule has 2 aromatic carbocycles. The molecule has 136 valence electrons. The van der Waals surface area contributed by atoms with E-state index in [-0.39, 0.29) is 0 Å². The van der Waals surface area contributed by atoms with Gasteiger partial charge in [-0.25, -0.2) is 14.4 Å². The van der Waals surface area contributed by atoms with Crippen LogP contribution in [-0.2, 0) is 7.05 Å². The second-order valence-corrected chi connectivity index (χ2v) is 5.93. The molecule has 0 spiro atoms. The predicted octanol–water partition coefficient (Wildman–Crippen LogP) is 4.65. The van der Waals surface area contributed by atoms with Crippen LogP contribution in [0.2, 0.25) is 0 Å². The lowest BCUT2D eigenvalue weighted by molar-refractivity contribution is 0.409. The number of nitrogens with one attached hydrogen (secondary N) is 1. The Balaban J connectivity index is 1.72. The topological polar surface area (TPSA) is 61.2 Å². The number of aryl methyl sites for hydroxylation is 1. The highest BCUT2D eigenvalue weighted by atomic mass is 19.1. The lowest BCUT2D eigenvalue weighted by atomic mass is 10.2. The largest absolute Gasteiger partial charge is 0.497 e. The number of hydrogen-bond donors (Lipinski definition) is 1. The molecule has 0 aliphatic carbocycles. The summed E-state index contributed by atoms with van der Waals surface area (Å²) in [6.07, 6.45) is 3.39. The molecule has 0 unspecified atom stereocenters. The number of ether oxygens (including phenoxy) is 2. The number of methoxy groups -OCH3 is 1. The molecular weight excluding hydrogens is 347 g/mol. The molecule has 4 rings (SSSR count). The monoisotopic (exact) mass is 364 g/mol. The number of fused-ring (bicyclic) bond motifs is 1. The van der Waals surface area contributed by atoms with Gasteiger partial charge < -0.3 is 19.4 Å². The molecule has 0 amide bonds. The number of rotatable bonds is 5. The van der Waals surface area contributed by atoms with Gasteiger partial charge in [0.2, 0.25) is 0 Å². The van der Waals surface area contributed by atoms with E-state index in [1.54, 1.807) is 31.4 Å². The van der Waals surface area contributed by atoms with Crippen molar-refractivity contribution in [2.45, 2.75) is 0 Å². The van der Waals surface area contributed by atoms with Crippen molar-refractivity contribution in [3.05, 3.63) is 66.9 Å². The molecule has 0 saturated heterocycles. The van der Waals surface area contributed by atoms with Gasteiger partial charge in [-0.15, -0.1) is 0 Å². The van der Waals surface area contributed by atoms with Crippen molar-refractivity contribution in [1.82, 2.24) is 14.5 Å². The van der Waals surface area contributed by atoms with Crippen LogP contribution in [0.25, 0.3) is 11.0 Å². The summed E-state index contributed by atoms with van der Waals surface area (Å²) in [6.45, 7) is 0. The Kier molecular flexibility index (Phi) is 4.33. The number of nitrogens with zero attached hydrogens (tertiary/aromatic N) is 3. The molecular formula is C20H17FN4O2. The van der Waals surface area contributed by atoms with Crippen LogP contribution >= 0.6 is 0 Å². The maximum Gasteiger partial charge on any atom is 0.158 e. The first-order valence-corrected chi connectivity index (χ1v) is 8.28. The van der Waals surface area contributed by atoms with Gasteiger partial charge in [0, 0.05) is 25.4 Å². The van der Waals surface area contributed by atoms with Gasteiger partial charge in [0.15, 0.2) is 11.6 Å². The summed E-state index contributed by atoms with van der Waals surface area (Å²) in [5.74, 6) is 1.73. The van der Waals surface area contributed by atoms with Gasteiger partial charge in [-0.05, 0) is 30.3 Å². The van der Waals surface area contributed by atoms with Crippen LogP contribution in [0.3, 0.4) is 0 Å². The summed E-state index contributed by atoms with van der Waals surface area (Å²) in [5, 5.41) is 3.22. The maximum absolute atomic E-state index is 13.8. The van der Waals surface area contributed by atoms with Crippen molar-refractivity contribution in [3.8, 4) is 17.2 Å². The molecule has 27 heavy (non-hydrogen) atoms. The zero-order chi connectivity index (χ0) is 18.8. The fraction of sp³-hybridized carbons (Fsp3) is 0.100. The van der Waals surface area contributed by atoms with Crippen molar-refractivity contribution in [1.29, 1.82) is 0 Å². The molecule has 0 radical (unpaired) electrons. The highest BCUT2D eigenvalue weighted by Gasteiger charge is 2.12. The van der Waals surface area contributed by atoms with Gasteiger partial charge in [0.1, 0.15) is 29.2 Å². The molecule has 0 aliphatic heterocycles. The standard InChI is InChI=1S/C20H17FN4O2/c1-25-9-8-17-19(25)20(23-12-22-17)24-16-7-6-13(21)10-18(16)27-15-5-3-4-14(11-15)26-2/h3-12H,1-2H3,(H,22,23,24). The first-order chi connectivity index (χ1) is 13.1. The third-order valence-electron chi connectivity index (χ3n) is 4.13. The first-order valence-electron chi connectivity index (χ1n) is 8.28. The van der Waals surface area contributed by atoms with Crippen LogP contribution in [-0.4, -0.2) is 21.6 Å². The van der Waals surface area contributed by atoms with Crippen LogP contribution in [0, 0.1) is 5.82 Å². The van der Waals surface area contributed by atoms with Crippen LogP contribution in [0.1, 0.15) is 0 Å². The fourth-order valence-electron chi connectivity index (χ4n) is 2.81. The summed E-state index contributed by atoms with van der Waals surface area (Å²) in [5.41, 5.74) is 2.24. The smallest absolute Gasteiger partial charge is 0.158 e. The molecule has 0 aliphatic rings. The van der Waals surface area contributed by atoms with Crippen LogP contribution in [0.4, 0.5) is 15.9 Å². The molecule has 6 nitrogen and oxygen atoms in total. The maximum atomic E-state index is 13.8. The predicted molar refractivity (Wildman–Crippen MR) is 101 cm³/mol. The van der Waals surface area contributed by atoms with Crippen molar-refractivity contribution < 1.29 is 13.9 Å². The Hall–Kier alpha value is -3.61.